The summed E-state index contributed by atoms with van der Waals surface area (Å²) in [5, 5.41) is 9.73. The normalized spacial score (nSPS) is 18.3. The minimum absolute atomic E-state index is 0.155. The maximum atomic E-state index is 14.3. The largest absolute Gasteiger partial charge is 0.350 e. The number of likely N-dealkylation sites (tertiary alicyclic amines) is 1. The fraction of sp³-hybridized carbons (Fsp3) is 0.310. The molecule has 2 fully saturated rings. The number of rotatable bonds is 10. The van der Waals surface area contributed by atoms with Gasteiger partial charge in [0.25, 0.3) is 5.91 Å². The van der Waals surface area contributed by atoms with Crippen LogP contribution in [0.1, 0.15) is 40.7 Å². The van der Waals surface area contributed by atoms with Gasteiger partial charge in [-0.15, -0.1) is 0 Å². The molecule has 1 spiro atoms. The second kappa shape index (κ2) is 15.8. The van der Waals surface area contributed by atoms with Crippen LogP contribution in [0.3, 0.4) is 0 Å². The maximum absolute atomic E-state index is 14.3. The molecule has 3 aliphatic rings. The average molecular weight is 747 g/mol. The molecule has 0 bridgehead atoms. The number of amides is 6. The summed E-state index contributed by atoms with van der Waals surface area (Å²) in [7, 11) is 0. The lowest BCUT2D eigenvalue weighted by molar-refractivity contribution is -0.141. The van der Waals surface area contributed by atoms with Gasteiger partial charge in [0.05, 0.1) is 6.04 Å². The van der Waals surface area contributed by atoms with Crippen molar-refractivity contribution in [3.8, 4) is 0 Å². The number of para-hydroxylation sites is 1. The molecule has 2 saturated heterocycles. The van der Waals surface area contributed by atoms with Gasteiger partial charge in [0.2, 0.25) is 17.7 Å². The fourth-order valence-electron chi connectivity index (χ4n) is 7.64. The highest BCUT2D eigenvalue weighted by molar-refractivity contribution is 6.30. The summed E-state index contributed by atoms with van der Waals surface area (Å²) in [6.07, 6.45) is 1.05. The van der Waals surface area contributed by atoms with E-state index in [1.807, 2.05) is 73.7 Å². The SMILES string of the molecule is Cc1ccc(CNC(=O)CN2C(=O)N(c3ccccc3)C3(CCN(C(=O)C(Cc4ccc(Cl)cc4)NC(=O)C4Cc5ccccc5CN4)CC3)C2=O)cc1. The zero-order chi connectivity index (χ0) is 37.8. The van der Waals surface area contributed by atoms with Gasteiger partial charge in [0.15, 0.2) is 0 Å². The van der Waals surface area contributed by atoms with E-state index in [1.165, 1.54) is 4.90 Å². The van der Waals surface area contributed by atoms with Crippen LogP contribution in [-0.4, -0.2) is 76.7 Å². The first-order valence-corrected chi connectivity index (χ1v) is 18.7. The van der Waals surface area contributed by atoms with Crippen molar-refractivity contribution in [2.75, 3.05) is 24.5 Å². The van der Waals surface area contributed by atoms with Gasteiger partial charge in [0.1, 0.15) is 18.1 Å². The molecule has 2 atom stereocenters. The summed E-state index contributed by atoms with van der Waals surface area (Å²) in [4.78, 5) is 73.7. The molecule has 54 heavy (non-hydrogen) atoms. The Labute approximate surface area is 319 Å². The Balaban J connectivity index is 1.07. The first kappa shape index (κ1) is 36.8. The molecule has 3 heterocycles. The molecule has 3 N–H and O–H groups in total. The zero-order valence-corrected chi connectivity index (χ0v) is 30.9. The van der Waals surface area contributed by atoms with Crippen molar-refractivity contribution in [1.29, 1.82) is 0 Å². The number of imide groups is 1. The molecule has 0 saturated carbocycles. The van der Waals surface area contributed by atoms with Crippen LogP contribution in [0, 0.1) is 6.92 Å². The third kappa shape index (κ3) is 7.74. The number of carbonyl (C=O) groups is 5. The van der Waals surface area contributed by atoms with E-state index in [9.17, 15) is 24.0 Å². The predicted octanol–water partition coefficient (Wildman–Crippen LogP) is 4.54. The summed E-state index contributed by atoms with van der Waals surface area (Å²) in [6.45, 7) is 2.69. The van der Waals surface area contributed by atoms with Crippen molar-refractivity contribution in [3.05, 3.63) is 136 Å². The van der Waals surface area contributed by atoms with E-state index in [-0.39, 0.29) is 50.7 Å². The highest BCUT2D eigenvalue weighted by Crippen LogP contribution is 2.40. The number of anilines is 1. The minimum Gasteiger partial charge on any atom is -0.350 e. The Bertz CT molecular complexity index is 2030. The van der Waals surface area contributed by atoms with E-state index in [1.54, 1.807) is 41.3 Å². The Kier molecular flexibility index (Phi) is 10.8. The van der Waals surface area contributed by atoms with Gasteiger partial charge >= 0.3 is 6.03 Å². The first-order chi connectivity index (χ1) is 26.1. The lowest BCUT2D eigenvalue weighted by atomic mass is 9.85. The van der Waals surface area contributed by atoms with Crippen LogP contribution in [0.4, 0.5) is 10.5 Å². The number of urea groups is 1. The standard InChI is InChI=1S/C42H43ClN6O5/c1-28-11-13-30(14-12-28)25-45-37(50)27-48-40(53)42(49(41(48)54)34-9-3-2-4-10-34)19-21-47(22-20-42)39(52)36(23-29-15-17-33(43)18-16-29)46-38(51)35-24-31-7-5-6-8-32(31)26-44-35/h2-18,35-36,44H,19-27H2,1H3,(H,45,50)(H,46,51). The number of carbonyl (C=O) groups excluding carboxylic acids is 5. The van der Waals surface area contributed by atoms with E-state index in [0.717, 1.165) is 32.7 Å². The number of fused-ring (bicyclic) bond motifs is 1. The number of aryl methyl sites for hydroxylation is 1. The molecule has 7 rings (SSSR count). The third-order valence-corrected chi connectivity index (χ3v) is 10.9. The molecule has 12 heteroatoms. The molecule has 11 nitrogen and oxygen atoms in total. The monoisotopic (exact) mass is 746 g/mol. The van der Waals surface area contributed by atoms with Gasteiger partial charge in [-0.2, -0.15) is 0 Å². The van der Waals surface area contributed by atoms with Gasteiger partial charge in [-0.3, -0.25) is 29.0 Å². The lowest BCUT2D eigenvalue weighted by Crippen LogP contribution is -2.61. The molecule has 278 valence electrons. The summed E-state index contributed by atoms with van der Waals surface area (Å²) in [5.41, 5.74) is 4.31. The van der Waals surface area contributed by atoms with Crippen LogP contribution in [0.2, 0.25) is 5.02 Å². The highest BCUT2D eigenvalue weighted by atomic mass is 35.5. The van der Waals surface area contributed by atoms with Crippen molar-refractivity contribution in [3.63, 3.8) is 0 Å². The molecule has 0 aliphatic carbocycles. The molecule has 0 aromatic heterocycles. The van der Waals surface area contributed by atoms with E-state index in [4.69, 9.17) is 11.6 Å². The molecular formula is C42H43ClN6O5. The summed E-state index contributed by atoms with van der Waals surface area (Å²) >= 11 is 6.15. The zero-order valence-electron chi connectivity index (χ0n) is 30.1. The lowest BCUT2D eigenvalue weighted by Gasteiger charge is -2.43. The van der Waals surface area contributed by atoms with Crippen LogP contribution < -0.4 is 20.9 Å². The second-order valence-corrected chi connectivity index (χ2v) is 14.7. The number of benzene rings is 4. The molecule has 0 radical (unpaired) electrons. The number of nitrogens with one attached hydrogen (secondary N) is 3. The van der Waals surface area contributed by atoms with Gasteiger partial charge < -0.3 is 20.9 Å². The summed E-state index contributed by atoms with van der Waals surface area (Å²) in [6, 6.07) is 29.9. The van der Waals surface area contributed by atoms with E-state index < -0.39 is 42.0 Å². The van der Waals surface area contributed by atoms with Gasteiger partial charge in [-0.1, -0.05) is 96.0 Å². The first-order valence-electron chi connectivity index (χ1n) is 18.3. The molecule has 6 amide bonds. The minimum atomic E-state index is -1.29. The summed E-state index contributed by atoms with van der Waals surface area (Å²) in [5.74, 6) is -1.47. The van der Waals surface area contributed by atoms with Crippen molar-refractivity contribution in [2.45, 2.75) is 63.3 Å². The predicted molar refractivity (Wildman–Crippen MR) is 205 cm³/mol. The van der Waals surface area contributed by atoms with Crippen molar-refractivity contribution in [2.24, 2.45) is 0 Å². The molecule has 4 aromatic rings. The summed E-state index contributed by atoms with van der Waals surface area (Å²) < 4.78 is 0. The molecule has 3 aliphatic heterocycles. The van der Waals surface area contributed by atoms with E-state index >= 15 is 0 Å². The average Bonchev–Trinajstić information content (AvgIpc) is 3.38. The van der Waals surface area contributed by atoms with Crippen LogP contribution in [-0.2, 0) is 45.1 Å². The number of hydrogen-bond acceptors (Lipinski definition) is 6. The van der Waals surface area contributed by atoms with E-state index in [2.05, 4.69) is 16.0 Å². The van der Waals surface area contributed by atoms with Crippen molar-refractivity contribution in [1.82, 2.24) is 25.8 Å². The number of hydrogen-bond donors (Lipinski definition) is 3. The Morgan fingerprint density at radius 2 is 1.50 bits per heavy atom. The number of nitrogens with zero attached hydrogens (tertiary/aromatic N) is 3. The quantitative estimate of drug-likeness (QED) is 0.205. The van der Waals surface area contributed by atoms with Crippen LogP contribution in [0.15, 0.2) is 103 Å². The third-order valence-electron chi connectivity index (χ3n) is 10.7. The topological polar surface area (TPSA) is 131 Å². The highest BCUT2D eigenvalue weighted by Gasteiger charge is 2.59. The smallest absolute Gasteiger partial charge is 0.332 e. The van der Waals surface area contributed by atoms with Crippen LogP contribution >= 0.6 is 11.6 Å². The fourth-order valence-corrected chi connectivity index (χ4v) is 7.77. The van der Waals surface area contributed by atoms with Crippen LogP contribution in [0.5, 0.6) is 0 Å². The Morgan fingerprint density at radius 1 is 0.852 bits per heavy atom. The van der Waals surface area contributed by atoms with Crippen molar-refractivity contribution < 1.29 is 24.0 Å². The molecular weight excluding hydrogens is 704 g/mol. The van der Waals surface area contributed by atoms with Gasteiger partial charge in [-0.25, -0.2) is 4.79 Å². The molecule has 4 aromatic carbocycles. The van der Waals surface area contributed by atoms with Crippen LogP contribution in [0.25, 0.3) is 0 Å². The van der Waals surface area contributed by atoms with E-state index in [0.29, 0.717) is 23.7 Å². The molecule has 2 unspecified atom stereocenters. The van der Waals surface area contributed by atoms with Gasteiger partial charge in [-0.05, 0) is 72.7 Å². The Morgan fingerprint density at radius 3 is 2.20 bits per heavy atom. The number of piperidine rings is 1. The second-order valence-electron chi connectivity index (χ2n) is 14.3. The number of halogens is 1. The van der Waals surface area contributed by atoms with Gasteiger partial charge in [0, 0.05) is 43.3 Å². The maximum Gasteiger partial charge on any atom is 0.332 e. The van der Waals surface area contributed by atoms with Crippen molar-refractivity contribution >= 4 is 46.9 Å². The Hall–Kier alpha value is -5.52.